The van der Waals surface area contributed by atoms with Gasteiger partial charge in [-0.3, -0.25) is 9.67 Å². The Bertz CT molecular complexity index is 803. The lowest BCUT2D eigenvalue weighted by Crippen LogP contribution is -2.37. The quantitative estimate of drug-likeness (QED) is 0.204. The van der Waals surface area contributed by atoms with Crippen molar-refractivity contribution in [2.75, 3.05) is 31.6 Å². The third-order valence-electron chi connectivity index (χ3n) is 4.72. The molecule has 0 bridgehead atoms. The number of nitrogens with one attached hydrogen (secondary N) is 2. The molecule has 0 fully saturated rings. The van der Waals surface area contributed by atoms with Crippen molar-refractivity contribution in [3.05, 3.63) is 59.4 Å². The molecule has 0 radical (unpaired) electrons. The van der Waals surface area contributed by atoms with Crippen molar-refractivity contribution in [3.8, 4) is 0 Å². The van der Waals surface area contributed by atoms with Crippen molar-refractivity contribution >= 4 is 35.6 Å². The van der Waals surface area contributed by atoms with Crippen LogP contribution in [-0.2, 0) is 13.1 Å². The number of guanidine groups is 1. The van der Waals surface area contributed by atoms with Gasteiger partial charge >= 0.3 is 0 Å². The maximum absolute atomic E-state index is 4.50. The minimum atomic E-state index is 0. The predicted octanol–water partition coefficient (Wildman–Crippen LogP) is 3.25. The van der Waals surface area contributed by atoms with Gasteiger partial charge in [0.05, 0.1) is 5.69 Å². The summed E-state index contributed by atoms with van der Waals surface area (Å²) < 4.78 is 2.06. The summed E-state index contributed by atoms with van der Waals surface area (Å²) in [4.78, 5) is 6.68. The van der Waals surface area contributed by atoms with Gasteiger partial charge < -0.3 is 15.5 Å². The molecule has 0 saturated heterocycles. The van der Waals surface area contributed by atoms with E-state index in [1.807, 2.05) is 14.0 Å². The molecular weight excluding hydrogens is 463 g/mol. The minimum absolute atomic E-state index is 0. The molecule has 0 unspecified atom stereocenters. The molecular formula is C21H31IN6. The Labute approximate surface area is 185 Å². The van der Waals surface area contributed by atoms with E-state index in [9.17, 15) is 0 Å². The van der Waals surface area contributed by atoms with Crippen LogP contribution in [0.1, 0.15) is 23.4 Å². The smallest absolute Gasteiger partial charge is 0.191 e. The largest absolute Gasteiger partial charge is 0.364 e. The number of hydrogen-bond acceptors (Lipinski definition) is 3. The lowest BCUT2D eigenvalue weighted by molar-refractivity contribution is 0.555. The number of anilines is 1. The van der Waals surface area contributed by atoms with E-state index in [2.05, 4.69) is 79.7 Å². The zero-order valence-corrected chi connectivity index (χ0v) is 19.3. The van der Waals surface area contributed by atoms with Gasteiger partial charge in [-0.25, -0.2) is 0 Å². The highest BCUT2D eigenvalue weighted by Gasteiger charge is 2.08. The molecule has 1 aliphatic rings. The number of aromatic nitrogens is 2. The zero-order chi connectivity index (χ0) is 19.1. The molecule has 28 heavy (non-hydrogen) atoms. The number of aryl methyl sites for hydroxylation is 3. The van der Waals surface area contributed by atoms with Crippen LogP contribution >= 0.6 is 24.0 Å². The van der Waals surface area contributed by atoms with Crippen LogP contribution in [0.5, 0.6) is 0 Å². The molecule has 1 aromatic heterocycles. The molecule has 2 heterocycles. The fourth-order valence-corrected chi connectivity index (χ4v) is 3.30. The summed E-state index contributed by atoms with van der Waals surface area (Å²) in [5.41, 5.74) is 4.81. The van der Waals surface area contributed by atoms with Gasteiger partial charge in [-0.1, -0.05) is 24.3 Å². The third kappa shape index (κ3) is 6.25. The number of rotatable bonds is 7. The summed E-state index contributed by atoms with van der Waals surface area (Å²) in [6.07, 6.45) is 5.42. The van der Waals surface area contributed by atoms with Gasteiger partial charge in [0, 0.05) is 51.2 Å². The third-order valence-corrected chi connectivity index (χ3v) is 4.72. The number of hydrogen-bond donors (Lipinski definition) is 2. The lowest BCUT2D eigenvalue weighted by atomic mass is 10.2. The summed E-state index contributed by atoms with van der Waals surface area (Å²) in [7, 11) is 1.81. The molecule has 6 nitrogen and oxygen atoms in total. The normalized spacial score (nSPS) is 13.5. The average Bonchev–Trinajstić information content (AvgIpc) is 3.31. The summed E-state index contributed by atoms with van der Waals surface area (Å²) in [6, 6.07) is 10.8. The Morgan fingerprint density at radius 3 is 2.61 bits per heavy atom. The van der Waals surface area contributed by atoms with Crippen molar-refractivity contribution in [2.24, 2.45) is 4.99 Å². The van der Waals surface area contributed by atoms with E-state index < -0.39 is 0 Å². The Balaban J connectivity index is 0.00000280. The molecule has 2 aromatic rings. The van der Waals surface area contributed by atoms with Crippen LogP contribution in [0.25, 0.3) is 0 Å². The molecule has 0 aliphatic carbocycles. The zero-order valence-electron chi connectivity index (χ0n) is 17.0. The summed E-state index contributed by atoms with van der Waals surface area (Å²) in [6.45, 7) is 8.65. The van der Waals surface area contributed by atoms with Crippen LogP contribution in [0.4, 0.5) is 5.69 Å². The first-order valence-corrected chi connectivity index (χ1v) is 9.60. The van der Waals surface area contributed by atoms with Crippen LogP contribution in [0, 0.1) is 13.8 Å². The van der Waals surface area contributed by atoms with E-state index in [4.69, 9.17) is 0 Å². The van der Waals surface area contributed by atoms with Gasteiger partial charge in [0.1, 0.15) is 0 Å². The highest BCUT2D eigenvalue weighted by Crippen LogP contribution is 2.18. The van der Waals surface area contributed by atoms with Crippen LogP contribution < -0.4 is 15.5 Å². The van der Waals surface area contributed by atoms with Gasteiger partial charge in [-0.2, -0.15) is 5.10 Å². The van der Waals surface area contributed by atoms with Crippen LogP contribution in [0.3, 0.4) is 0 Å². The first kappa shape index (κ1) is 22.3. The van der Waals surface area contributed by atoms with Gasteiger partial charge in [0.25, 0.3) is 0 Å². The molecule has 3 rings (SSSR count). The van der Waals surface area contributed by atoms with E-state index in [1.165, 1.54) is 16.9 Å². The van der Waals surface area contributed by atoms with Gasteiger partial charge in [-0.05, 0) is 44.0 Å². The van der Waals surface area contributed by atoms with E-state index in [0.29, 0.717) is 0 Å². The molecule has 2 N–H and O–H groups in total. The second kappa shape index (κ2) is 11.1. The second-order valence-electron chi connectivity index (χ2n) is 6.90. The van der Waals surface area contributed by atoms with E-state index in [-0.39, 0.29) is 24.0 Å². The number of halogens is 1. The van der Waals surface area contributed by atoms with Crippen molar-refractivity contribution in [3.63, 3.8) is 0 Å². The minimum Gasteiger partial charge on any atom is -0.364 e. The van der Waals surface area contributed by atoms with Crippen LogP contribution in [-0.4, -0.2) is 42.4 Å². The van der Waals surface area contributed by atoms with Crippen molar-refractivity contribution in [1.82, 2.24) is 20.4 Å². The second-order valence-corrected chi connectivity index (χ2v) is 6.90. The van der Waals surface area contributed by atoms with Crippen LogP contribution in [0.2, 0.25) is 0 Å². The molecule has 7 heteroatoms. The Morgan fingerprint density at radius 1 is 1.14 bits per heavy atom. The van der Waals surface area contributed by atoms with Gasteiger partial charge in [-0.15, -0.1) is 24.0 Å². The van der Waals surface area contributed by atoms with Gasteiger partial charge in [0.2, 0.25) is 0 Å². The molecule has 1 aromatic carbocycles. The molecule has 0 spiro atoms. The highest BCUT2D eigenvalue weighted by molar-refractivity contribution is 14.0. The van der Waals surface area contributed by atoms with E-state index in [1.54, 1.807) is 0 Å². The first-order chi connectivity index (χ1) is 13.2. The molecule has 0 amide bonds. The maximum Gasteiger partial charge on any atom is 0.191 e. The summed E-state index contributed by atoms with van der Waals surface area (Å²) >= 11 is 0. The summed E-state index contributed by atoms with van der Waals surface area (Å²) in [5.74, 6) is 0.830. The maximum atomic E-state index is 4.50. The van der Waals surface area contributed by atoms with Gasteiger partial charge in [0.15, 0.2) is 5.96 Å². The Hall–Kier alpha value is -2.03. The number of benzene rings is 1. The molecule has 152 valence electrons. The lowest BCUT2D eigenvalue weighted by Gasteiger charge is -2.19. The molecule has 0 atom stereocenters. The Morgan fingerprint density at radius 2 is 1.93 bits per heavy atom. The molecule has 1 aliphatic heterocycles. The topological polar surface area (TPSA) is 57.5 Å². The monoisotopic (exact) mass is 494 g/mol. The average molecular weight is 494 g/mol. The van der Waals surface area contributed by atoms with E-state index in [0.717, 1.165) is 50.8 Å². The standard InChI is InChI=1S/C21H30N6.HI/c1-17-14-18(2)27(25-17)13-7-10-23-21(22-3)24-16-19-8-6-9-20(15-19)26-11-4-5-12-26;/h4-6,8-9,14-15H,7,10-13,16H2,1-3H3,(H2,22,23,24);1H. The molecule has 0 saturated carbocycles. The fourth-order valence-electron chi connectivity index (χ4n) is 3.30. The number of aliphatic imine (C=N–C) groups is 1. The van der Waals surface area contributed by atoms with Crippen molar-refractivity contribution in [2.45, 2.75) is 33.4 Å². The predicted molar refractivity (Wildman–Crippen MR) is 128 cm³/mol. The summed E-state index contributed by atoms with van der Waals surface area (Å²) in [5, 5.41) is 11.3. The van der Waals surface area contributed by atoms with Crippen molar-refractivity contribution < 1.29 is 0 Å². The SMILES string of the molecule is CN=C(NCCCn1nc(C)cc1C)NCc1cccc(N2CC=CC2)c1.I. The fraction of sp³-hybridized carbons (Fsp3) is 0.429. The number of nitrogens with zero attached hydrogens (tertiary/aromatic N) is 4. The van der Waals surface area contributed by atoms with Crippen molar-refractivity contribution in [1.29, 1.82) is 0 Å². The highest BCUT2D eigenvalue weighted by atomic mass is 127. The first-order valence-electron chi connectivity index (χ1n) is 9.60. The Kier molecular flexibility index (Phi) is 8.82. The van der Waals surface area contributed by atoms with E-state index >= 15 is 0 Å². The van der Waals surface area contributed by atoms with Crippen LogP contribution in [0.15, 0.2) is 47.5 Å².